The number of hydrogen-bond donors (Lipinski definition) is 1. The van der Waals surface area contributed by atoms with E-state index < -0.39 is 0 Å². The molecule has 0 spiro atoms. The zero-order valence-electron chi connectivity index (χ0n) is 14.3. The predicted octanol–water partition coefficient (Wildman–Crippen LogP) is 2.57. The molecule has 0 aromatic heterocycles. The van der Waals surface area contributed by atoms with Crippen LogP contribution in [0.2, 0.25) is 0 Å². The number of piperidine rings is 2. The van der Waals surface area contributed by atoms with E-state index in [1.54, 1.807) is 0 Å². The monoisotopic (exact) mass is 281 g/mol. The summed E-state index contributed by atoms with van der Waals surface area (Å²) in [5, 5.41) is 3.93. The lowest BCUT2D eigenvalue weighted by Gasteiger charge is -2.42. The number of hydrogen-bond acceptors (Lipinski definition) is 3. The molecule has 0 aromatic rings. The maximum absolute atomic E-state index is 3.93. The van der Waals surface area contributed by atoms with Crippen molar-refractivity contribution in [3.8, 4) is 0 Å². The van der Waals surface area contributed by atoms with Crippen LogP contribution in [0.5, 0.6) is 0 Å². The van der Waals surface area contributed by atoms with Gasteiger partial charge in [-0.1, -0.05) is 0 Å². The molecule has 0 amide bonds. The van der Waals surface area contributed by atoms with Crippen molar-refractivity contribution >= 4 is 0 Å². The van der Waals surface area contributed by atoms with Gasteiger partial charge in [0.2, 0.25) is 0 Å². The van der Waals surface area contributed by atoms with E-state index in [4.69, 9.17) is 0 Å². The number of nitrogens with zero attached hydrogens (tertiary/aromatic N) is 2. The Morgan fingerprint density at radius 2 is 1.70 bits per heavy atom. The predicted molar refractivity (Wildman–Crippen MR) is 87.2 cm³/mol. The van der Waals surface area contributed by atoms with E-state index in [0.717, 1.165) is 12.0 Å². The molecule has 2 unspecified atom stereocenters. The summed E-state index contributed by atoms with van der Waals surface area (Å²) in [4.78, 5) is 5.12. The topological polar surface area (TPSA) is 18.5 Å². The average Bonchev–Trinajstić information content (AvgIpc) is 2.38. The molecular weight excluding hydrogens is 246 g/mol. The standard InChI is InChI=1S/C17H35N3/c1-14(15-7-6-10-19(5)13-15)18-16-8-11-20(12-9-16)17(2,3)4/h14-16,18H,6-13H2,1-5H3. The summed E-state index contributed by atoms with van der Waals surface area (Å²) in [6.07, 6.45) is 5.39. The molecule has 3 heteroatoms. The molecule has 0 bridgehead atoms. The summed E-state index contributed by atoms with van der Waals surface area (Å²) in [5.74, 6) is 0.842. The molecule has 0 aromatic carbocycles. The van der Waals surface area contributed by atoms with Crippen LogP contribution >= 0.6 is 0 Å². The Labute approximate surface area is 126 Å². The Morgan fingerprint density at radius 3 is 2.25 bits per heavy atom. The van der Waals surface area contributed by atoms with Crippen molar-refractivity contribution in [3.05, 3.63) is 0 Å². The smallest absolute Gasteiger partial charge is 0.0125 e. The number of likely N-dealkylation sites (tertiary alicyclic amines) is 2. The first kappa shape index (κ1) is 16.3. The second-order valence-electron chi connectivity index (χ2n) is 8.05. The Bertz CT molecular complexity index is 289. The van der Waals surface area contributed by atoms with Gasteiger partial charge in [-0.3, -0.25) is 4.90 Å². The van der Waals surface area contributed by atoms with E-state index in [1.165, 1.54) is 51.9 Å². The van der Waals surface area contributed by atoms with Crippen LogP contribution in [0.25, 0.3) is 0 Å². The molecule has 2 aliphatic heterocycles. The Kier molecular flexibility index (Phi) is 5.49. The highest BCUT2D eigenvalue weighted by Gasteiger charge is 2.29. The molecule has 2 saturated heterocycles. The molecule has 2 rings (SSSR count). The van der Waals surface area contributed by atoms with Crippen molar-refractivity contribution < 1.29 is 0 Å². The van der Waals surface area contributed by atoms with E-state index in [9.17, 15) is 0 Å². The Morgan fingerprint density at radius 1 is 1.05 bits per heavy atom. The van der Waals surface area contributed by atoms with Gasteiger partial charge in [-0.05, 0) is 72.9 Å². The van der Waals surface area contributed by atoms with Gasteiger partial charge in [-0.2, -0.15) is 0 Å². The molecule has 20 heavy (non-hydrogen) atoms. The fraction of sp³-hybridized carbons (Fsp3) is 1.00. The highest BCUT2D eigenvalue weighted by Crippen LogP contribution is 2.23. The van der Waals surface area contributed by atoms with E-state index in [2.05, 4.69) is 49.9 Å². The molecule has 3 nitrogen and oxygen atoms in total. The van der Waals surface area contributed by atoms with Crippen molar-refractivity contribution in [3.63, 3.8) is 0 Å². The lowest BCUT2D eigenvalue weighted by molar-refractivity contribution is 0.0883. The molecule has 2 aliphatic rings. The van der Waals surface area contributed by atoms with Crippen LogP contribution in [0.1, 0.15) is 53.4 Å². The SMILES string of the molecule is CC(NC1CCN(C(C)(C)C)CC1)C1CCCN(C)C1. The average molecular weight is 281 g/mol. The lowest BCUT2D eigenvalue weighted by atomic mass is 9.90. The van der Waals surface area contributed by atoms with E-state index in [1.807, 2.05) is 0 Å². The van der Waals surface area contributed by atoms with Crippen LogP contribution in [0.4, 0.5) is 0 Å². The summed E-state index contributed by atoms with van der Waals surface area (Å²) in [6, 6.07) is 1.40. The van der Waals surface area contributed by atoms with Crippen LogP contribution in [0.3, 0.4) is 0 Å². The van der Waals surface area contributed by atoms with Gasteiger partial charge in [0, 0.05) is 37.3 Å². The van der Waals surface area contributed by atoms with Gasteiger partial charge in [0.05, 0.1) is 0 Å². The molecular formula is C17H35N3. The highest BCUT2D eigenvalue weighted by atomic mass is 15.2. The quantitative estimate of drug-likeness (QED) is 0.858. The summed E-state index contributed by atoms with van der Waals surface area (Å²) in [7, 11) is 2.26. The van der Waals surface area contributed by atoms with E-state index in [0.29, 0.717) is 11.6 Å². The molecule has 118 valence electrons. The minimum absolute atomic E-state index is 0.336. The largest absolute Gasteiger partial charge is 0.311 e. The lowest BCUT2D eigenvalue weighted by Crippen LogP contribution is -2.53. The van der Waals surface area contributed by atoms with E-state index in [-0.39, 0.29) is 0 Å². The number of nitrogens with one attached hydrogen (secondary N) is 1. The fourth-order valence-electron chi connectivity index (χ4n) is 3.84. The maximum Gasteiger partial charge on any atom is 0.0125 e. The molecule has 0 saturated carbocycles. The molecule has 2 fully saturated rings. The highest BCUT2D eigenvalue weighted by molar-refractivity contribution is 4.87. The molecule has 0 radical (unpaired) electrons. The third-order valence-corrected chi connectivity index (χ3v) is 5.31. The van der Waals surface area contributed by atoms with Crippen molar-refractivity contribution in [2.24, 2.45) is 5.92 Å². The van der Waals surface area contributed by atoms with E-state index >= 15 is 0 Å². The zero-order valence-corrected chi connectivity index (χ0v) is 14.3. The Hall–Kier alpha value is -0.120. The second kappa shape index (κ2) is 6.76. The summed E-state index contributed by atoms with van der Waals surface area (Å²) in [5.41, 5.74) is 0.336. The van der Waals surface area contributed by atoms with Crippen molar-refractivity contribution in [1.82, 2.24) is 15.1 Å². The van der Waals surface area contributed by atoms with Gasteiger partial charge in [-0.15, -0.1) is 0 Å². The third-order valence-electron chi connectivity index (χ3n) is 5.31. The first-order chi connectivity index (χ1) is 9.36. The van der Waals surface area contributed by atoms with Crippen molar-refractivity contribution in [2.75, 3.05) is 33.2 Å². The molecule has 1 N–H and O–H groups in total. The van der Waals surface area contributed by atoms with Crippen LogP contribution in [0, 0.1) is 5.92 Å². The summed E-state index contributed by atoms with van der Waals surface area (Å²) < 4.78 is 0. The van der Waals surface area contributed by atoms with Gasteiger partial charge in [0.25, 0.3) is 0 Å². The molecule has 0 aliphatic carbocycles. The minimum atomic E-state index is 0.336. The van der Waals surface area contributed by atoms with Gasteiger partial charge in [0.1, 0.15) is 0 Å². The van der Waals surface area contributed by atoms with Crippen LogP contribution in [-0.2, 0) is 0 Å². The molecule has 2 atom stereocenters. The third kappa shape index (κ3) is 4.44. The second-order valence-corrected chi connectivity index (χ2v) is 8.05. The Balaban J connectivity index is 1.74. The van der Waals surface area contributed by atoms with Gasteiger partial charge >= 0.3 is 0 Å². The maximum atomic E-state index is 3.93. The first-order valence-corrected chi connectivity index (χ1v) is 8.56. The first-order valence-electron chi connectivity index (χ1n) is 8.56. The van der Waals surface area contributed by atoms with Crippen LogP contribution < -0.4 is 5.32 Å². The van der Waals surface area contributed by atoms with Gasteiger partial charge < -0.3 is 10.2 Å². The fourth-order valence-corrected chi connectivity index (χ4v) is 3.84. The molecule has 2 heterocycles. The van der Waals surface area contributed by atoms with Gasteiger partial charge in [0.15, 0.2) is 0 Å². The van der Waals surface area contributed by atoms with Crippen LogP contribution in [-0.4, -0.2) is 60.6 Å². The van der Waals surface area contributed by atoms with Crippen LogP contribution in [0.15, 0.2) is 0 Å². The van der Waals surface area contributed by atoms with Crippen molar-refractivity contribution in [1.29, 1.82) is 0 Å². The summed E-state index contributed by atoms with van der Waals surface area (Å²) >= 11 is 0. The minimum Gasteiger partial charge on any atom is -0.311 e. The zero-order chi connectivity index (χ0) is 14.8. The number of rotatable bonds is 3. The summed E-state index contributed by atoms with van der Waals surface area (Å²) in [6.45, 7) is 14.5. The normalized spacial score (nSPS) is 29.6. The van der Waals surface area contributed by atoms with Crippen molar-refractivity contribution in [2.45, 2.75) is 71.0 Å². The van der Waals surface area contributed by atoms with Gasteiger partial charge in [-0.25, -0.2) is 0 Å².